The average Bonchev–Trinajstić information content (AvgIpc) is 3.02. The molecule has 160 valence electrons. The van der Waals surface area contributed by atoms with E-state index in [1.807, 2.05) is 0 Å². The Labute approximate surface area is 170 Å². The number of likely N-dealkylation sites (tertiary alicyclic amines) is 2. The number of ether oxygens (including phenoxy) is 1. The second-order valence-corrected chi connectivity index (χ2v) is 8.84. The molecule has 2 aliphatic rings. The van der Waals surface area contributed by atoms with Crippen LogP contribution >= 0.6 is 0 Å². The van der Waals surface area contributed by atoms with Gasteiger partial charge < -0.3 is 24.7 Å². The van der Waals surface area contributed by atoms with Gasteiger partial charge in [-0.05, 0) is 51.3 Å². The van der Waals surface area contributed by atoms with Gasteiger partial charge >= 0.3 is 6.09 Å². The van der Waals surface area contributed by atoms with Crippen molar-refractivity contribution >= 4 is 12.0 Å². The van der Waals surface area contributed by atoms with Gasteiger partial charge in [-0.15, -0.1) is 0 Å². The van der Waals surface area contributed by atoms with Crippen LogP contribution in [0.3, 0.4) is 0 Å². The lowest BCUT2D eigenvalue weighted by atomic mass is 9.89. The van der Waals surface area contributed by atoms with Gasteiger partial charge in [-0.3, -0.25) is 4.79 Å². The summed E-state index contributed by atoms with van der Waals surface area (Å²) in [6.45, 7) is 5.70. The molecule has 2 heterocycles. The minimum Gasteiger partial charge on any atom is -0.444 e. The van der Waals surface area contributed by atoms with Crippen LogP contribution in [0.5, 0.6) is 0 Å². The lowest BCUT2D eigenvalue weighted by Gasteiger charge is -2.41. The fourth-order valence-electron chi connectivity index (χ4n) is 3.92. The molecule has 1 aromatic rings. The van der Waals surface area contributed by atoms with E-state index in [1.165, 1.54) is 21.9 Å². The molecule has 2 saturated heterocycles. The van der Waals surface area contributed by atoms with E-state index in [0.29, 0.717) is 18.4 Å². The van der Waals surface area contributed by atoms with Gasteiger partial charge in [0, 0.05) is 25.9 Å². The highest BCUT2D eigenvalue weighted by Crippen LogP contribution is 2.38. The topological polar surface area (TPSA) is 90.3 Å². The first-order valence-electron chi connectivity index (χ1n) is 9.97. The van der Waals surface area contributed by atoms with Gasteiger partial charge in [0.05, 0.1) is 6.04 Å². The summed E-state index contributed by atoms with van der Waals surface area (Å²) in [4.78, 5) is 28.2. The molecule has 0 bridgehead atoms. The number of benzene rings is 1. The molecule has 2 amide bonds. The van der Waals surface area contributed by atoms with E-state index in [2.05, 4.69) is 0 Å². The Morgan fingerprint density at radius 2 is 1.72 bits per heavy atom. The van der Waals surface area contributed by atoms with Crippen molar-refractivity contribution in [2.24, 2.45) is 0 Å². The standard InChI is InChI=1S/C21H29FN2O5/c1-20(2,3)29-19(27)23-12-10-21(28,11-13-23)18(26)24-16(8-9-17(24)25)14-4-6-15(22)7-5-14/h4-7,16-17,25,28H,8-13H2,1-3H3/t16-,17?/m0/s1. The molecule has 2 N–H and O–H groups in total. The first-order valence-corrected chi connectivity index (χ1v) is 9.97. The molecule has 7 nitrogen and oxygen atoms in total. The summed E-state index contributed by atoms with van der Waals surface area (Å²) >= 11 is 0. The number of piperidine rings is 1. The van der Waals surface area contributed by atoms with E-state index in [0.717, 1.165) is 0 Å². The number of aliphatic hydroxyl groups is 2. The number of hydrogen-bond acceptors (Lipinski definition) is 5. The van der Waals surface area contributed by atoms with Crippen LogP contribution in [0.4, 0.5) is 9.18 Å². The van der Waals surface area contributed by atoms with E-state index in [9.17, 15) is 24.2 Å². The number of carbonyl (C=O) groups excluding carboxylic acids is 2. The molecule has 0 spiro atoms. The molecule has 3 rings (SSSR count). The third kappa shape index (κ3) is 4.70. The summed E-state index contributed by atoms with van der Waals surface area (Å²) in [7, 11) is 0. The zero-order valence-corrected chi connectivity index (χ0v) is 17.1. The van der Waals surface area contributed by atoms with Gasteiger partial charge in [-0.25, -0.2) is 9.18 Å². The summed E-state index contributed by atoms with van der Waals surface area (Å²) in [5, 5.41) is 21.4. The molecule has 0 saturated carbocycles. The second kappa shape index (κ2) is 7.91. The SMILES string of the molecule is CC(C)(C)OC(=O)N1CCC(O)(C(=O)N2C(O)CC[C@H]2c2ccc(F)cc2)CC1. The van der Waals surface area contributed by atoms with Crippen LogP contribution in [0.25, 0.3) is 0 Å². The fourth-order valence-corrected chi connectivity index (χ4v) is 3.92. The van der Waals surface area contributed by atoms with Gasteiger partial charge in [0.15, 0.2) is 0 Å². The Kier molecular flexibility index (Phi) is 5.87. The molecule has 0 radical (unpaired) electrons. The number of amides is 2. The smallest absolute Gasteiger partial charge is 0.410 e. The number of nitrogens with zero attached hydrogens (tertiary/aromatic N) is 2. The summed E-state index contributed by atoms with van der Waals surface area (Å²) in [6, 6.07) is 5.39. The highest BCUT2D eigenvalue weighted by atomic mass is 19.1. The summed E-state index contributed by atoms with van der Waals surface area (Å²) in [5.41, 5.74) is -1.57. The lowest BCUT2D eigenvalue weighted by molar-refractivity contribution is -0.166. The van der Waals surface area contributed by atoms with Crippen LogP contribution < -0.4 is 0 Å². The van der Waals surface area contributed by atoms with Crippen LogP contribution in [0.15, 0.2) is 24.3 Å². The zero-order valence-electron chi connectivity index (χ0n) is 17.1. The summed E-state index contributed by atoms with van der Waals surface area (Å²) in [6.07, 6.45) is -0.454. The third-order valence-corrected chi connectivity index (χ3v) is 5.48. The second-order valence-electron chi connectivity index (χ2n) is 8.84. The highest BCUT2D eigenvalue weighted by molar-refractivity contribution is 5.86. The minimum absolute atomic E-state index is 0.0600. The molecular formula is C21H29FN2O5. The van der Waals surface area contributed by atoms with Gasteiger partial charge in [0.1, 0.15) is 23.2 Å². The lowest BCUT2D eigenvalue weighted by Crippen LogP contribution is -2.57. The minimum atomic E-state index is -1.66. The third-order valence-electron chi connectivity index (χ3n) is 5.48. The molecule has 0 aromatic heterocycles. The first-order chi connectivity index (χ1) is 13.5. The number of rotatable bonds is 2. The Bertz CT molecular complexity index is 753. The van der Waals surface area contributed by atoms with Gasteiger partial charge in [-0.2, -0.15) is 0 Å². The van der Waals surface area contributed by atoms with Crippen molar-refractivity contribution in [3.63, 3.8) is 0 Å². The molecular weight excluding hydrogens is 379 g/mol. The average molecular weight is 408 g/mol. The molecule has 1 unspecified atom stereocenters. The fraction of sp³-hybridized carbons (Fsp3) is 0.619. The molecule has 29 heavy (non-hydrogen) atoms. The van der Waals surface area contributed by atoms with Crippen molar-refractivity contribution in [1.29, 1.82) is 0 Å². The molecule has 2 fully saturated rings. The summed E-state index contributed by atoms with van der Waals surface area (Å²) in [5.74, 6) is -0.932. The number of hydrogen-bond donors (Lipinski definition) is 2. The maximum Gasteiger partial charge on any atom is 0.410 e. The zero-order chi connectivity index (χ0) is 21.4. The van der Waals surface area contributed by atoms with E-state index < -0.39 is 35.5 Å². The number of halogens is 1. The van der Waals surface area contributed by atoms with Crippen molar-refractivity contribution in [3.8, 4) is 0 Å². The Hall–Kier alpha value is -2.19. The van der Waals surface area contributed by atoms with E-state index in [-0.39, 0.29) is 31.7 Å². The highest BCUT2D eigenvalue weighted by Gasteiger charge is 2.48. The van der Waals surface area contributed by atoms with E-state index in [4.69, 9.17) is 4.74 Å². The number of carbonyl (C=O) groups is 2. The van der Waals surface area contributed by atoms with Gasteiger partial charge in [0.2, 0.25) is 0 Å². The Balaban J connectivity index is 1.70. The molecule has 2 atom stereocenters. The first kappa shape index (κ1) is 21.5. The predicted octanol–water partition coefficient (Wildman–Crippen LogP) is 2.57. The van der Waals surface area contributed by atoms with Crippen molar-refractivity contribution in [2.75, 3.05) is 13.1 Å². The van der Waals surface area contributed by atoms with Crippen LogP contribution in [0.2, 0.25) is 0 Å². The van der Waals surface area contributed by atoms with E-state index in [1.54, 1.807) is 32.9 Å². The number of aliphatic hydroxyl groups excluding tert-OH is 1. The van der Waals surface area contributed by atoms with Crippen LogP contribution in [-0.2, 0) is 9.53 Å². The maximum absolute atomic E-state index is 13.3. The normalized spacial score (nSPS) is 24.5. The van der Waals surface area contributed by atoms with Crippen molar-refractivity contribution < 1.29 is 28.9 Å². The predicted molar refractivity (Wildman–Crippen MR) is 103 cm³/mol. The van der Waals surface area contributed by atoms with Crippen LogP contribution in [0.1, 0.15) is 58.1 Å². The van der Waals surface area contributed by atoms with Gasteiger partial charge in [0.25, 0.3) is 5.91 Å². The maximum atomic E-state index is 13.3. The Morgan fingerprint density at radius 1 is 1.14 bits per heavy atom. The van der Waals surface area contributed by atoms with E-state index >= 15 is 0 Å². The molecule has 2 aliphatic heterocycles. The molecule has 8 heteroatoms. The van der Waals surface area contributed by atoms with Gasteiger partial charge in [-0.1, -0.05) is 12.1 Å². The quantitative estimate of drug-likeness (QED) is 0.785. The molecule has 1 aromatic carbocycles. The van der Waals surface area contributed by atoms with Crippen LogP contribution in [-0.4, -0.2) is 62.5 Å². The van der Waals surface area contributed by atoms with Crippen molar-refractivity contribution in [2.45, 2.75) is 69.9 Å². The Morgan fingerprint density at radius 3 is 2.28 bits per heavy atom. The molecule has 0 aliphatic carbocycles. The largest absolute Gasteiger partial charge is 0.444 e. The van der Waals surface area contributed by atoms with Crippen molar-refractivity contribution in [3.05, 3.63) is 35.6 Å². The van der Waals surface area contributed by atoms with Crippen molar-refractivity contribution in [1.82, 2.24) is 9.80 Å². The monoisotopic (exact) mass is 408 g/mol. The van der Waals surface area contributed by atoms with Crippen LogP contribution in [0, 0.1) is 5.82 Å². The summed E-state index contributed by atoms with van der Waals surface area (Å²) < 4.78 is 18.6.